The highest BCUT2D eigenvalue weighted by atomic mass is 16.2. The molecule has 52 valence electrons. The molecule has 1 fully saturated rings. The smallest absolute Gasteiger partial charge is 0.0615 e. The molecular formula is C8H14O. The van der Waals surface area contributed by atoms with Crippen LogP contribution in [0.2, 0.25) is 0 Å². The minimum absolute atomic E-state index is 0.231. The Balaban J connectivity index is 2.30. The Bertz CT molecular complexity index is 97.1. The van der Waals surface area contributed by atoms with Gasteiger partial charge in [-0.1, -0.05) is 18.1 Å². The maximum atomic E-state index is 8.54. The van der Waals surface area contributed by atoms with E-state index in [1.807, 2.05) is 6.08 Å². The first kappa shape index (κ1) is 6.81. The third-order valence-electron chi connectivity index (χ3n) is 1.88. The van der Waals surface area contributed by atoms with Gasteiger partial charge in [-0.25, -0.2) is 0 Å². The predicted molar refractivity (Wildman–Crippen MR) is 38.3 cm³/mol. The Morgan fingerprint density at radius 2 is 1.89 bits per heavy atom. The van der Waals surface area contributed by atoms with E-state index < -0.39 is 0 Å². The number of allylic oxidation sites excluding steroid dienone is 1. The molecule has 0 bridgehead atoms. The summed E-state index contributed by atoms with van der Waals surface area (Å²) in [4.78, 5) is 0. The first-order valence-corrected chi connectivity index (χ1v) is 3.72. The van der Waals surface area contributed by atoms with E-state index in [-0.39, 0.29) is 6.61 Å². The SMILES string of the molecule is OCC=C1CCCCC1. The van der Waals surface area contributed by atoms with Crippen LogP contribution in [0.15, 0.2) is 11.6 Å². The van der Waals surface area contributed by atoms with Crippen LogP contribution in [0.5, 0.6) is 0 Å². The lowest BCUT2D eigenvalue weighted by molar-refractivity contribution is 0.340. The van der Waals surface area contributed by atoms with Crippen LogP contribution in [0.25, 0.3) is 0 Å². The van der Waals surface area contributed by atoms with Crippen LogP contribution < -0.4 is 0 Å². The number of aliphatic hydroxyl groups excluding tert-OH is 1. The highest BCUT2D eigenvalue weighted by molar-refractivity contribution is 5.03. The van der Waals surface area contributed by atoms with Crippen LogP contribution in [0.3, 0.4) is 0 Å². The van der Waals surface area contributed by atoms with Gasteiger partial charge in [0, 0.05) is 0 Å². The average molecular weight is 126 g/mol. The van der Waals surface area contributed by atoms with E-state index in [1.165, 1.54) is 37.7 Å². The average Bonchev–Trinajstić information content (AvgIpc) is 1.91. The summed E-state index contributed by atoms with van der Waals surface area (Å²) in [5.41, 5.74) is 1.46. The Kier molecular flexibility index (Phi) is 2.78. The van der Waals surface area contributed by atoms with Crippen molar-refractivity contribution in [1.82, 2.24) is 0 Å². The molecule has 1 N–H and O–H groups in total. The monoisotopic (exact) mass is 126 g/mol. The van der Waals surface area contributed by atoms with Gasteiger partial charge in [-0.15, -0.1) is 0 Å². The van der Waals surface area contributed by atoms with Gasteiger partial charge in [0.15, 0.2) is 0 Å². The largest absolute Gasteiger partial charge is 0.392 e. The fourth-order valence-corrected chi connectivity index (χ4v) is 1.34. The van der Waals surface area contributed by atoms with Crippen molar-refractivity contribution in [3.63, 3.8) is 0 Å². The zero-order chi connectivity index (χ0) is 6.53. The van der Waals surface area contributed by atoms with E-state index in [0.717, 1.165) is 0 Å². The van der Waals surface area contributed by atoms with Crippen molar-refractivity contribution < 1.29 is 5.11 Å². The second-order valence-corrected chi connectivity index (χ2v) is 2.61. The minimum Gasteiger partial charge on any atom is -0.392 e. The molecule has 1 heteroatoms. The van der Waals surface area contributed by atoms with E-state index in [4.69, 9.17) is 5.11 Å². The summed E-state index contributed by atoms with van der Waals surface area (Å²) in [5.74, 6) is 0. The molecular weight excluding hydrogens is 112 g/mol. The predicted octanol–water partition coefficient (Wildman–Crippen LogP) is 1.87. The zero-order valence-electron chi connectivity index (χ0n) is 5.77. The Morgan fingerprint density at radius 1 is 1.22 bits per heavy atom. The lowest BCUT2D eigenvalue weighted by Gasteiger charge is -2.12. The molecule has 9 heavy (non-hydrogen) atoms. The van der Waals surface area contributed by atoms with E-state index >= 15 is 0 Å². The van der Waals surface area contributed by atoms with Crippen LogP contribution in [0.4, 0.5) is 0 Å². The van der Waals surface area contributed by atoms with Gasteiger partial charge in [0.25, 0.3) is 0 Å². The first-order chi connectivity index (χ1) is 4.43. The summed E-state index contributed by atoms with van der Waals surface area (Å²) >= 11 is 0. The van der Waals surface area contributed by atoms with Gasteiger partial charge in [-0.05, 0) is 25.7 Å². The maximum absolute atomic E-state index is 8.54. The summed E-state index contributed by atoms with van der Waals surface area (Å²) in [7, 11) is 0. The van der Waals surface area contributed by atoms with Crippen LogP contribution in [-0.4, -0.2) is 11.7 Å². The summed E-state index contributed by atoms with van der Waals surface area (Å²) in [6.45, 7) is 0.231. The van der Waals surface area contributed by atoms with Crippen molar-refractivity contribution in [2.24, 2.45) is 0 Å². The van der Waals surface area contributed by atoms with Crippen LogP contribution >= 0.6 is 0 Å². The molecule has 0 aromatic heterocycles. The molecule has 1 aliphatic rings. The molecule has 0 atom stereocenters. The summed E-state index contributed by atoms with van der Waals surface area (Å²) in [6, 6.07) is 0. The second-order valence-electron chi connectivity index (χ2n) is 2.61. The molecule has 0 aromatic carbocycles. The van der Waals surface area contributed by atoms with Gasteiger partial charge >= 0.3 is 0 Å². The molecule has 0 radical (unpaired) electrons. The van der Waals surface area contributed by atoms with Crippen molar-refractivity contribution in [3.05, 3.63) is 11.6 Å². The molecule has 0 aromatic rings. The number of aliphatic hydroxyl groups is 1. The number of rotatable bonds is 1. The molecule has 0 amide bonds. The molecule has 1 saturated carbocycles. The fraction of sp³-hybridized carbons (Fsp3) is 0.750. The van der Waals surface area contributed by atoms with Crippen molar-refractivity contribution in [2.45, 2.75) is 32.1 Å². The number of hydrogen-bond acceptors (Lipinski definition) is 1. The third kappa shape index (κ3) is 2.19. The molecule has 0 heterocycles. The van der Waals surface area contributed by atoms with Crippen molar-refractivity contribution >= 4 is 0 Å². The van der Waals surface area contributed by atoms with Gasteiger partial charge in [-0.2, -0.15) is 0 Å². The summed E-state index contributed by atoms with van der Waals surface area (Å²) in [5, 5.41) is 8.54. The van der Waals surface area contributed by atoms with Crippen molar-refractivity contribution in [3.8, 4) is 0 Å². The first-order valence-electron chi connectivity index (χ1n) is 3.72. The van der Waals surface area contributed by atoms with E-state index in [0.29, 0.717) is 0 Å². The standard InChI is InChI=1S/C8H14O/c9-7-6-8-4-2-1-3-5-8/h6,9H,1-5,7H2. The van der Waals surface area contributed by atoms with E-state index in [2.05, 4.69) is 0 Å². The normalized spacial score (nSPS) is 19.9. The second kappa shape index (κ2) is 3.67. The van der Waals surface area contributed by atoms with Crippen LogP contribution in [0.1, 0.15) is 32.1 Å². The Labute approximate surface area is 56.4 Å². The molecule has 0 saturated heterocycles. The lowest BCUT2D eigenvalue weighted by atomic mass is 9.95. The topological polar surface area (TPSA) is 20.2 Å². The highest BCUT2D eigenvalue weighted by Crippen LogP contribution is 2.21. The van der Waals surface area contributed by atoms with Gasteiger partial charge < -0.3 is 5.11 Å². The van der Waals surface area contributed by atoms with Gasteiger partial charge in [0.2, 0.25) is 0 Å². The third-order valence-corrected chi connectivity index (χ3v) is 1.88. The Hall–Kier alpha value is -0.300. The highest BCUT2D eigenvalue weighted by Gasteiger charge is 2.02. The van der Waals surface area contributed by atoms with Gasteiger partial charge in [-0.3, -0.25) is 0 Å². The summed E-state index contributed by atoms with van der Waals surface area (Å²) in [6.07, 6.45) is 8.43. The quantitative estimate of drug-likeness (QED) is 0.532. The molecule has 0 aliphatic heterocycles. The Morgan fingerprint density at radius 3 is 2.44 bits per heavy atom. The number of hydrogen-bond donors (Lipinski definition) is 1. The van der Waals surface area contributed by atoms with Gasteiger partial charge in [0.1, 0.15) is 0 Å². The van der Waals surface area contributed by atoms with Crippen molar-refractivity contribution in [1.29, 1.82) is 0 Å². The molecule has 1 rings (SSSR count). The zero-order valence-corrected chi connectivity index (χ0v) is 5.77. The molecule has 0 spiro atoms. The maximum Gasteiger partial charge on any atom is 0.0615 e. The van der Waals surface area contributed by atoms with E-state index in [1.54, 1.807) is 0 Å². The van der Waals surface area contributed by atoms with Crippen LogP contribution in [-0.2, 0) is 0 Å². The molecule has 1 nitrogen and oxygen atoms in total. The summed E-state index contributed by atoms with van der Waals surface area (Å²) < 4.78 is 0. The minimum atomic E-state index is 0.231. The lowest BCUT2D eigenvalue weighted by Crippen LogP contribution is -1.94. The van der Waals surface area contributed by atoms with Crippen molar-refractivity contribution in [2.75, 3.05) is 6.61 Å². The molecule has 1 aliphatic carbocycles. The van der Waals surface area contributed by atoms with E-state index in [9.17, 15) is 0 Å². The molecule has 0 unspecified atom stereocenters. The fourth-order valence-electron chi connectivity index (χ4n) is 1.34. The van der Waals surface area contributed by atoms with Gasteiger partial charge in [0.05, 0.1) is 6.61 Å². The van der Waals surface area contributed by atoms with Crippen LogP contribution in [0, 0.1) is 0 Å².